The van der Waals surface area contributed by atoms with Crippen LogP contribution < -0.4 is 10.0 Å². The molecule has 154 valence electrons. The van der Waals surface area contributed by atoms with Crippen LogP contribution in [-0.4, -0.2) is 33.9 Å². The van der Waals surface area contributed by atoms with Gasteiger partial charge in [-0.2, -0.15) is 10.2 Å². The highest BCUT2D eigenvalue weighted by Crippen LogP contribution is 2.28. The third-order valence-electron chi connectivity index (χ3n) is 4.26. The van der Waals surface area contributed by atoms with Gasteiger partial charge in [-0.1, -0.05) is 11.6 Å². The van der Waals surface area contributed by atoms with Crippen molar-refractivity contribution in [3.63, 3.8) is 0 Å². The van der Waals surface area contributed by atoms with Crippen molar-refractivity contribution in [2.75, 3.05) is 10.0 Å². The number of halogens is 1. The van der Waals surface area contributed by atoms with Crippen LogP contribution in [0.1, 0.15) is 24.4 Å². The molecule has 0 saturated heterocycles. The Labute approximate surface area is 173 Å². The average Bonchev–Trinajstić information content (AvgIpc) is 3.21. The highest BCUT2D eigenvalue weighted by Gasteiger charge is 2.20. The van der Waals surface area contributed by atoms with Crippen LogP contribution in [-0.2, 0) is 21.9 Å². The van der Waals surface area contributed by atoms with E-state index in [2.05, 4.69) is 20.2 Å². The number of sulfonamides is 1. The van der Waals surface area contributed by atoms with E-state index in [0.29, 0.717) is 5.69 Å². The van der Waals surface area contributed by atoms with E-state index in [0.717, 1.165) is 11.4 Å². The van der Waals surface area contributed by atoms with E-state index in [4.69, 9.17) is 11.6 Å². The Kier molecular flexibility index (Phi) is 5.67. The molecule has 1 unspecified atom stereocenters. The van der Waals surface area contributed by atoms with Gasteiger partial charge in [0.05, 0.1) is 28.3 Å². The number of aryl methyl sites for hydroxylation is 3. The van der Waals surface area contributed by atoms with Gasteiger partial charge in [0.15, 0.2) is 0 Å². The molecule has 1 aromatic carbocycles. The summed E-state index contributed by atoms with van der Waals surface area (Å²) in [7, 11) is -2.16. The molecule has 1 amide bonds. The minimum absolute atomic E-state index is 0.0345. The number of rotatable bonds is 6. The summed E-state index contributed by atoms with van der Waals surface area (Å²) < 4.78 is 30.2. The number of carbonyl (C=O) groups excluding carboxylic acids is 1. The van der Waals surface area contributed by atoms with Crippen LogP contribution in [0.4, 0.5) is 11.4 Å². The maximum Gasteiger partial charge on any atom is 0.265 e. The van der Waals surface area contributed by atoms with Crippen LogP contribution in [0.5, 0.6) is 0 Å². The van der Waals surface area contributed by atoms with Gasteiger partial charge in [0, 0.05) is 18.9 Å². The van der Waals surface area contributed by atoms with E-state index in [9.17, 15) is 13.2 Å². The van der Waals surface area contributed by atoms with Crippen LogP contribution in [0.15, 0.2) is 41.6 Å². The molecule has 0 spiro atoms. The summed E-state index contributed by atoms with van der Waals surface area (Å²) in [6, 6.07) is 5.83. The SMILES string of the molecule is Cc1cc(C)n(C(C)C(=O)Nc2ccc(NS(=O)(=O)c3cnn(C)c3)cc2Cl)n1. The Bertz CT molecular complexity index is 1170. The van der Waals surface area contributed by atoms with Crippen LogP contribution in [0, 0.1) is 13.8 Å². The molecule has 0 fully saturated rings. The Morgan fingerprint density at radius 3 is 2.52 bits per heavy atom. The van der Waals surface area contributed by atoms with Crippen molar-refractivity contribution in [1.29, 1.82) is 0 Å². The standard InChI is InChI=1S/C18H21ClN6O3S/c1-11-7-12(2)25(22-11)13(3)18(26)21-17-6-5-14(8-16(17)19)23-29(27,28)15-9-20-24(4)10-15/h5-10,13,23H,1-4H3,(H,21,26). The summed E-state index contributed by atoms with van der Waals surface area (Å²) in [6.07, 6.45) is 2.64. The number of hydrogen-bond donors (Lipinski definition) is 2. The van der Waals surface area contributed by atoms with E-state index in [1.54, 1.807) is 18.7 Å². The van der Waals surface area contributed by atoms with E-state index >= 15 is 0 Å². The maximum atomic E-state index is 12.6. The molecular weight excluding hydrogens is 416 g/mol. The van der Waals surface area contributed by atoms with Crippen molar-refractivity contribution < 1.29 is 13.2 Å². The lowest BCUT2D eigenvalue weighted by Gasteiger charge is -2.16. The Morgan fingerprint density at radius 2 is 1.97 bits per heavy atom. The van der Waals surface area contributed by atoms with Crippen molar-refractivity contribution in [2.24, 2.45) is 7.05 Å². The molecule has 2 heterocycles. The van der Waals surface area contributed by atoms with E-state index in [-0.39, 0.29) is 21.5 Å². The summed E-state index contributed by atoms with van der Waals surface area (Å²) in [5.74, 6) is -0.290. The number of carbonyl (C=O) groups is 1. The van der Waals surface area contributed by atoms with E-state index in [1.807, 2.05) is 19.9 Å². The van der Waals surface area contributed by atoms with Gasteiger partial charge in [0.1, 0.15) is 10.9 Å². The number of nitrogens with one attached hydrogen (secondary N) is 2. The Morgan fingerprint density at radius 1 is 1.24 bits per heavy atom. The normalized spacial score (nSPS) is 12.6. The summed E-state index contributed by atoms with van der Waals surface area (Å²) in [4.78, 5) is 12.6. The second-order valence-electron chi connectivity index (χ2n) is 6.69. The Balaban J connectivity index is 1.74. The lowest BCUT2D eigenvalue weighted by molar-refractivity contribution is -0.119. The minimum Gasteiger partial charge on any atom is -0.323 e. The summed E-state index contributed by atoms with van der Waals surface area (Å²) in [5, 5.41) is 11.1. The highest BCUT2D eigenvalue weighted by atomic mass is 35.5. The van der Waals surface area contributed by atoms with Gasteiger partial charge in [-0.15, -0.1) is 0 Å². The van der Waals surface area contributed by atoms with E-state index < -0.39 is 16.1 Å². The van der Waals surface area contributed by atoms with Crippen molar-refractivity contribution in [1.82, 2.24) is 19.6 Å². The van der Waals surface area contributed by atoms with Gasteiger partial charge in [-0.05, 0) is 45.0 Å². The average molecular weight is 437 g/mol. The number of amides is 1. The molecule has 0 aliphatic carbocycles. The number of hydrogen-bond acceptors (Lipinski definition) is 5. The van der Waals surface area contributed by atoms with Crippen molar-refractivity contribution in [3.8, 4) is 0 Å². The third-order valence-corrected chi connectivity index (χ3v) is 5.91. The molecule has 2 aromatic heterocycles. The first-order valence-electron chi connectivity index (χ1n) is 8.71. The van der Waals surface area contributed by atoms with Crippen LogP contribution in [0.25, 0.3) is 0 Å². The van der Waals surface area contributed by atoms with Gasteiger partial charge in [0.2, 0.25) is 5.91 Å². The molecule has 9 nitrogen and oxygen atoms in total. The molecule has 1 atom stereocenters. The number of benzene rings is 1. The molecule has 3 aromatic rings. The molecule has 29 heavy (non-hydrogen) atoms. The molecule has 0 aliphatic heterocycles. The van der Waals surface area contributed by atoms with Gasteiger partial charge in [-0.3, -0.25) is 18.9 Å². The molecule has 0 aliphatic rings. The molecular formula is C18H21ClN6O3S. The van der Waals surface area contributed by atoms with Gasteiger partial charge >= 0.3 is 0 Å². The predicted octanol–water partition coefficient (Wildman–Crippen LogP) is 2.89. The van der Waals surface area contributed by atoms with Crippen LogP contribution in [0.3, 0.4) is 0 Å². The first kappa shape index (κ1) is 20.9. The minimum atomic E-state index is -3.79. The number of nitrogens with zero attached hydrogens (tertiary/aromatic N) is 4. The lowest BCUT2D eigenvalue weighted by atomic mass is 10.2. The molecule has 0 saturated carbocycles. The predicted molar refractivity (Wildman–Crippen MR) is 111 cm³/mol. The first-order chi connectivity index (χ1) is 13.6. The van der Waals surface area contributed by atoms with Crippen LogP contribution >= 0.6 is 11.6 Å². The second-order valence-corrected chi connectivity index (χ2v) is 8.78. The number of anilines is 2. The van der Waals surface area contributed by atoms with Gasteiger partial charge < -0.3 is 5.32 Å². The lowest BCUT2D eigenvalue weighted by Crippen LogP contribution is -2.25. The molecule has 0 bridgehead atoms. The third kappa shape index (κ3) is 4.60. The molecule has 11 heteroatoms. The number of aromatic nitrogens is 4. The van der Waals surface area contributed by atoms with Crippen molar-refractivity contribution in [3.05, 3.63) is 53.1 Å². The topological polar surface area (TPSA) is 111 Å². The fourth-order valence-electron chi connectivity index (χ4n) is 2.82. The zero-order chi connectivity index (χ0) is 21.3. The maximum absolute atomic E-state index is 12.6. The molecule has 0 radical (unpaired) electrons. The first-order valence-corrected chi connectivity index (χ1v) is 10.6. The van der Waals surface area contributed by atoms with Crippen molar-refractivity contribution in [2.45, 2.75) is 31.7 Å². The summed E-state index contributed by atoms with van der Waals surface area (Å²) >= 11 is 6.25. The van der Waals surface area contributed by atoms with Crippen LogP contribution in [0.2, 0.25) is 5.02 Å². The monoisotopic (exact) mass is 436 g/mol. The van der Waals surface area contributed by atoms with Gasteiger partial charge in [-0.25, -0.2) is 8.42 Å². The second kappa shape index (κ2) is 7.88. The fraction of sp³-hybridized carbons (Fsp3) is 0.278. The quantitative estimate of drug-likeness (QED) is 0.617. The Hall–Kier alpha value is -2.85. The largest absolute Gasteiger partial charge is 0.323 e. The highest BCUT2D eigenvalue weighted by molar-refractivity contribution is 7.92. The molecule has 3 rings (SSSR count). The van der Waals surface area contributed by atoms with Gasteiger partial charge in [0.25, 0.3) is 10.0 Å². The fourth-order valence-corrected chi connectivity index (χ4v) is 4.08. The van der Waals surface area contributed by atoms with E-state index in [1.165, 1.54) is 35.3 Å². The van der Waals surface area contributed by atoms with Crippen molar-refractivity contribution >= 4 is 38.9 Å². The molecule has 2 N–H and O–H groups in total. The zero-order valence-corrected chi connectivity index (χ0v) is 17.9. The zero-order valence-electron chi connectivity index (χ0n) is 16.3. The summed E-state index contributed by atoms with van der Waals surface area (Å²) in [5.41, 5.74) is 2.33. The summed E-state index contributed by atoms with van der Waals surface area (Å²) in [6.45, 7) is 5.47. The smallest absolute Gasteiger partial charge is 0.265 e.